The molecule has 3 atom stereocenters. The maximum absolute atomic E-state index is 13.6. The molecule has 2 amide bonds. The van der Waals surface area contributed by atoms with Crippen LogP contribution in [0.5, 0.6) is 0 Å². The second-order valence-corrected chi connectivity index (χ2v) is 10.9. The molecule has 2 aromatic rings. The summed E-state index contributed by atoms with van der Waals surface area (Å²) in [6.07, 6.45) is 3.75. The molecule has 2 N–H and O–H groups in total. The number of amidine groups is 1. The van der Waals surface area contributed by atoms with E-state index in [2.05, 4.69) is 15.6 Å². The van der Waals surface area contributed by atoms with Gasteiger partial charge in [-0.2, -0.15) is 10.3 Å². The fourth-order valence-corrected chi connectivity index (χ4v) is 6.22. The third-order valence-corrected chi connectivity index (χ3v) is 8.19. The smallest absolute Gasteiger partial charge is 0.262 e. The number of thiophene rings is 1. The van der Waals surface area contributed by atoms with E-state index in [-0.39, 0.29) is 17.9 Å². The minimum absolute atomic E-state index is 0.0814. The highest BCUT2D eigenvalue weighted by Gasteiger charge is 2.58. The van der Waals surface area contributed by atoms with Crippen LogP contribution in [0, 0.1) is 11.5 Å². The molecule has 3 fully saturated rings. The van der Waals surface area contributed by atoms with Crippen molar-refractivity contribution in [3.8, 4) is 6.19 Å². The molecule has 3 saturated heterocycles. The number of hydrogen-bond acceptors (Lipinski definition) is 7. The SMILES string of the molecule is N#CN=C1CCOCCN1c1ccc(NC(=O)C2(NC(=O)c3ccc(Cl)s3)CC3CCC2O3)cc1Cl. The molecule has 0 radical (unpaired) electrons. The van der Waals surface area contributed by atoms with Gasteiger partial charge >= 0.3 is 0 Å². The molecule has 3 aliphatic heterocycles. The molecule has 5 rings (SSSR count). The minimum Gasteiger partial charge on any atom is -0.379 e. The van der Waals surface area contributed by atoms with Crippen LogP contribution >= 0.6 is 34.5 Å². The van der Waals surface area contributed by atoms with Crippen LogP contribution in [0.15, 0.2) is 35.3 Å². The quantitative estimate of drug-likeness (QED) is 0.541. The van der Waals surface area contributed by atoms with Gasteiger partial charge in [0.05, 0.1) is 45.3 Å². The number of ether oxygens (including phenoxy) is 2. The second kappa shape index (κ2) is 10.4. The zero-order valence-corrected chi connectivity index (χ0v) is 21.5. The molecule has 0 aliphatic carbocycles. The molecule has 3 aliphatic rings. The number of carbonyl (C=O) groups excluding carboxylic acids is 2. The molecule has 0 saturated carbocycles. The lowest BCUT2D eigenvalue weighted by molar-refractivity contribution is -0.124. The van der Waals surface area contributed by atoms with Crippen LogP contribution in [0.3, 0.4) is 0 Å². The van der Waals surface area contributed by atoms with E-state index < -0.39 is 11.6 Å². The van der Waals surface area contributed by atoms with Gasteiger partial charge in [0.15, 0.2) is 0 Å². The van der Waals surface area contributed by atoms with Crippen molar-refractivity contribution in [1.29, 1.82) is 5.26 Å². The summed E-state index contributed by atoms with van der Waals surface area (Å²) in [5, 5.41) is 15.3. The van der Waals surface area contributed by atoms with Crippen molar-refractivity contribution in [1.82, 2.24) is 5.32 Å². The lowest BCUT2D eigenvalue weighted by atomic mass is 9.80. The first kappa shape index (κ1) is 25.0. The maximum Gasteiger partial charge on any atom is 0.262 e. The summed E-state index contributed by atoms with van der Waals surface area (Å²) >= 11 is 13.8. The molecule has 4 heterocycles. The van der Waals surface area contributed by atoms with Gasteiger partial charge < -0.3 is 25.0 Å². The summed E-state index contributed by atoms with van der Waals surface area (Å²) in [7, 11) is 0. The van der Waals surface area contributed by atoms with Crippen LogP contribution in [0.25, 0.3) is 0 Å². The van der Waals surface area contributed by atoms with Gasteiger partial charge in [-0.05, 0) is 43.2 Å². The minimum atomic E-state index is -1.20. The monoisotopic (exact) mass is 547 g/mol. The van der Waals surface area contributed by atoms with Gasteiger partial charge in [-0.3, -0.25) is 9.59 Å². The lowest BCUT2D eigenvalue weighted by Gasteiger charge is -2.34. The van der Waals surface area contributed by atoms with E-state index >= 15 is 0 Å². The van der Waals surface area contributed by atoms with Gasteiger partial charge in [0.1, 0.15) is 11.4 Å². The van der Waals surface area contributed by atoms with E-state index in [9.17, 15) is 9.59 Å². The van der Waals surface area contributed by atoms with Crippen molar-refractivity contribution in [2.45, 2.75) is 43.4 Å². The number of rotatable bonds is 5. The van der Waals surface area contributed by atoms with E-state index in [4.69, 9.17) is 37.9 Å². The Morgan fingerprint density at radius 2 is 2.08 bits per heavy atom. The zero-order chi connectivity index (χ0) is 25.3. The van der Waals surface area contributed by atoms with Crippen molar-refractivity contribution >= 4 is 63.6 Å². The Balaban J connectivity index is 1.37. The number of anilines is 2. The summed E-state index contributed by atoms with van der Waals surface area (Å²) in [4.78, 5) is 32.8. The fourth-order valence-electron chi connectivity index (χ4n) is 5.00. The molecule has 12 heteroatoms. The largest absolute Gasteiger partial charge is 0.379 e. The Labute approximate surface area is 222 Å². The Morgan fingerprint density at radius 3 is 2.75 bits per heavy atom. The normalized spacial score (nSPS) is 26.5. The summed E-state index contributed by atoms with van der Waals surface area (Å²) in [5.41, 5.74) is -0.0553. The van der Waals surface area contributed by atoms with E-state index in [1.165, 1.54) is 0 Å². The number of nitrogens with one attached hydrogen (secondary N) is 2. The zero-order valence-electron chi connectivity index (χ0n) is 19.1. The van der Waals surface area contributed by atoms with Gasteiger partial charge in [0.25, 0.3) is 11.8 Å². The Kier molecular flexibility index (Phi) is 7.19. The van der Waals surface area contributed by atoms with Crippen LogP contribution in [-0.4, -0.2) is 55.2 Å². The summed E-state index contributed by atoms with van der Waals surface area (Å²) in [6, 6.07) is 8.44. The van der Waals surface area contributed by atoms with E-state index in [0.717, 1.165) is 17.8 Å². The predicted molar refractivity (Wildman–Crippen MR) is 138 cm³/mol. The van der Waals surface area contributed by atoms with Gasteiger partial charge in [0.2, 0.25) is 6.19 Å². The van der Waals surface area contributed by atoms with Crippen LogP contribution in [0.4, 0.5) is 11.4 Å². The van der Waals surface area contributed by atoms with E-state index in [0.29, 0.717) is 70.5 Å². The molecule has 1 aromatic carbocycles. The number of carbonyl (C=O) groups is 2. The summed E-state index contributed by atoms with van der Waals surface area (Å²) in [5.74, 6) is -0.146. The van der Waals surface area contributed by atoms with E-state index in [1.54, 1.807) is 30.3 Å². The fraction of sp³-hybridized carbons (Fsp3) is 0.417. The average molecular weight is 548 g/mol. The topological polar surface area (TPSA) is 116 Å². The van der Waals surface area contributed by atoms with Gasteiger partial charge in [0, 0.05) is 25.1 Å². The standard InChI is InChI=1S/C24H23Cl2N5O4S/c25-16-11-14(1-3-17(16)31-8-10-34-9-7-21(31)28-13-27)29-23(33)24(12-15-2-5-19(24)35-15)30-22(32)18-4-6-20(26)36-18/h1,3-4,6,11,15,19H,2,5,7-10,12H2,(H,29,33)(H,30,32). The predicted octanol–water partition coefficient (Wildman–Crippen LogP) is 4.22. The molecule has 1 aromatic heterocycles. The van der Waals surface area contributed by atoms with Crippen molar-refractivity contribution in [3.05, 3.63) is 44.6 Å². The van der Waals surface area contributed by atoms with Gasteiger partial charge in [-0.15, -0.1) is 11.3 Å². The molecule has 188 valence electrons. The number of nitrogens with zero attached hydrogens (tertiary/aromatic N) is 3. The van der Waals surface area contributed by atoms with Crippen LogP contribution < -0.4 is 15.5 Å². The highest BCUT2D eigenvalue weighted by Crippen LogP contribution is 2.43. The molecular formula is C24H23Cl2N5O4S. The first-order chi connectivity index (χ1) is 17.4. The van der Waals surface area contributed by atoms with Crippen molar-refractivity contribution in [3.63, 3.8) is 0 Å². The van der Waals surface area contributed by atoms with Crippen molar-refractivity contribution in [2.75, 3.05) is 30.0 Å². The maximum atomic E-state index is 13.6. The van der Waals surface area contributed by atoms with Crippen molar-refractivity contribution in [2.24, 2.45) is 4.99 Å². The molecule has 9 nitrogen and oxygen atoms in total. The third kappa shape index (κ3) is 4.82. The number of aliphatic imine (C=N–C) groups is 1. The Hall–Kier alpha value is -2.68. The van der Waals surface area contributed by atoms with Crippen LogP contribution in [0.1, 0.15) is 35.4 Å². The molecular weight excluding hydrogens is 525 g/mol. The van der Waals surface area contributed by atoms with Crippen LogP contribution in [0.2, 0.25) is 9.36 Å². The highest BCUT2D eigenvalue weighted by atomic mass is 35.5. The second-order valence-electron chi connectivity index (χ2n) is 8.82. The number of halogens is 2. The van der Waals surface area contributed by atoms with Gasteiger partial charge in [-0.25, -0.2) is 0 Å². The first-order valence-corrected chi connectivity index (χ1v) is 13.1. The average Bonchev–Trinajstić information content (AvgIpc) is 3.54. The number of fused-ring (bicyclic) bond motifs is 2. The Bertz CT molecular complexity index is 1260. The molecule has 0 spiro atoms. The van der Waals surface area contributed by atoms with Crippen LogP contribution in [-0.2, 0) is 14.3 Å². The van der Waals surface area contributed by atoms with E-state index in [1.807, 2.05) is 11.1 Å². The summed E-state index contributed by atoms with van der Waals surface area (Å²) < 4.78 is 12.0. The lowest BCUT2D eigenvalue weighted by Crippen LogP contribution is -2.62. The number of nitriles is 1. The molecule has 36 heavy (non-hydrogen) atoms. The number of benzene rings is 1. The Morgan fingerprint density at radius 1 is 1.22 bits per heavy atom. The molecule has 3 unspecified atom stereocenters. The highest BCUT2D eigenvalue weighted by molar-refractivity contribution is 7.18. The summed E-state index contributed by atoms with van der Waals surface area (Å²) in [6.45, 7) is 1.44. The first-order valence-electron chi connectivity index (χ1n) is 11.5. The molecule has 2 bridgehead atoms. The van der Waals surface area contributed by atoms with Gasteiger partial charge in [-0.1, -0.05) is 23.2 Å². The number of amides is 2. The third-order valence-electron chi connectivity index (χ3n) is 6.66. The van der Waals surface area contributed by atoms with Crippen molar-refractivity contribution < 1.29 is 19.1 Å². The number of hydrogen-bond donors (Lipinski definition) is 2.